The molecule has 4 nitrogen and oxygen atoms in total. The molecule has 0 radical (unpaired) electrons. The van der Waals surface area contributed by atoms with Crippen LogP contribution in [0.15, 0.2) is 9.72 Å². The average Bonchev–Trinajstić information content (AvgIpc) is 2.95. The molecule has 0 atom stereocenters. The third-order valence-corrected chi connectivity index (χ3v) is 6.25. The van der Waals surface area contributed by atoms with E-state index >= 15 is 0 Å². The van der Waals surface area contributed by atoms with Crippen molar-refractivity contribution in [3.05, 3.63) is 11.1 Å². The number of hydrogen-bond acceptors (Lipinski definition) is 5. The largest absolute Gasteiger partial charge is 0.480 e. The molecule has 0 aliphatic heterocycles. The van der Waals surface area contributed by atoms with Crippen molar-refractivity contribution in [3.8, 4) is 0 Å². The van der Waals surface area contributed by atoms with Crippen molar-refractivity contribution < 1.29 is 9.90 Å². The number of nitrogens with zero attached hydrogens (tertiary/aromatic N) is 1. The molecule has 0 amide bonds. The van der Waals surface area contributed by atoms with E-state index < -0.39 is 10.7 Å². The van der Waals surface area contributed by atoms with Gasteiger partial charge in [0.2, 0.25) is 0 Å². The Labute approximate surface area is 161 Å². The van der Waals surface area contributed by atoms with Gasteiger partial charge in [0.05, 0.1) is 5.69 Å². The molecule has 2 N–H and O–H groups in total. The first-order valence-electron chi connectivity index (χ1n) is 9.39. The van der Waals surface area contributed by atoms with E-state index in [1.54, 1.807) is 13.8 Å². The van der Waals surface area contributed by atoms with Crippen LogP contribution in [0.25, 0.3) is 0 Å². The minimum atomic E-state index is -0.831. The van der Waals surface area contributed by atoms with Gasteiger partial charge in [0.25, 0.3) is 0 Å². The van der Waals surface area contributed by atoms with Crippen LogP contribution in [0.5, 0.6) is 0 Å². The van der Waals surface area contributed by atoms with Crippen LogP contribution < -0.4 is 5.32 Å². The average molecular weight is 387 g/mol. The number of aromatic nitrogens is 1. The van der Waals surface area contributed by atoms with Crippen molar-refractivity contribution in [2.24, 2.45) is 5.92 Å². The van der Waals surface area contributed by atoms with E-state index in [2.05, 4.69) is 24.1 Å². The van der Waals surface area contributed by atoms with Gasteiger partial charge in [-0.25, -0.2) is 4.98 Å². The number of thioether (sulfide) groups is 1. The molecule has 0 aromatic carbocycles. The topological polar surface area (TPSA) is 62.2 Å². The SMILES string of the molecule is CC(C)CCCCCCCNCCc1csc(SC(C)(C)C(=O)O)n1. The molecule has 0 aliphatic rings. The number of aliphatic carboxylic acids is 1. The van der Waals surface area contributed by atoms with Crippen molar-refractivity contribution in [2.75, 3.05) is 13.1 Å². The quantitative estimate of drug-likeness (QED) is 0.339. The number of unbranched alkanes of at least 4 members (excludes halogenated alkanes) is 4. The number of thiazole rings is 1. The fourth-order valence-electron chi connectivity index (χ4n) is 2.39. The molecule has 0 bridgehead atoms. The van der Waals surface area contributed by atoms with Gasteiger partial charge >= 0.3 is 5.97 Å². The Morgan fingerprint density at radius 2 is 1.92 bits per heavy atom. The molecule has 6 heteroatoms. The summed E-state index contributed by atoms with van der Waals surface area (Å²) in [5, 5.41) is 14.7. The predicted octanol–water partition coefficient (Wildman–Crippen LogP) is 5.23. The van der Waals surface area contributed by atoms with E-state index in [4.69, 9.17) is 0 Å². The fourth-order valence-corrected chi connectivity index (χ4v) is 4.61. The Bertz CT molecular complexity index is 501. The summed E-state index contributed by atoms with van der Waals surface area (Å²) in [6, 6.07) is 0. The number of nitrogens with one attached hydrogen (secondary N) is 1. The molecule has 0 spiro atoms. The van der Waals surface area contributed by atoms with Crippen LogP contribution in [0.4, 0.5) is 0 Å². The summed E-state index contributed by atoms with van der Waals surface area (Å²) in [5.74, 6) is 0.0293. The third-order valence-electron chi connectivity index (χ3n) is 4.08. The van der Waals surface area contributed by atoms with Gasteiger partial charge in [-0.3, -0.25) is 4.79 Å². The molecule has 25 heavy (non-hydrogen) atoms. The summed E-state index contributed by atoms with van der Waals surface area (Å²) in [6.45, 7) is 10.0. The molecule has 0 unspecified atom stereocenters. The van der Waals surface area contributed by atoms with Gasteiger partial charge < -0.3 is 10.4 Å². The minimum absolute atomic E-state index is 0.805. The molecule has 1 rings (SSSR count). The van der Waals surface area contributed by atoms with E-state index in [0.29, 0.717) is 0 Å². The van der Waals surface area contributed by atoms with Gasteiger partial charge in [0.1, 0.15) is 4.75 Å². The lowest BCUT2D eigenvalue weighted by molar-refractivity contribution is -0.138. The zero-order valence-corrected chi connectivity index (χ0v) is 17.8. The van der Waals surface area contributed by atoms with Gasteiger partial charge in [-0.1, -0.05) is 57.7 Å². The van der Waals surface area contributed by atoms with Crippen molar-refractivity contribution in [1.29, 1.82) is 0 Å². The highest BCUT2D eigenvalue weighted by molar-refractivity contribution is 8.02. The summed E-state index contributed by atoms with van der Waals surface area (Å²) in [5.41, 5.74) is 1.05. The van der Waals surface area contributed by atoms with Gasteiger partial charge in [0, 0.05) is 18.3 Å². The lowest BCUT2D eigenvalue weighted by atomic mass is 10.0. The zero-order valence-electron chi connectivity index (χ0n) is 16.1. The lowest BCUT2D eigenvalue weighted by Crippen LogP contribution is -2.26. The van der Waals surface area contributed by atoms with Crippen LogP contribution in [-0.2, 0) is 11.2 Å². The fraction of sp³-hybridized carbons (Fsp3) is 0.789. The van der Waals surface area contributed by atoms with Crippen molar-refractivity contribution >= 4 is 29.1 Å². The number of hydrogen-bond donors (Lipinski definition) is 2. The third kappa shape index (κ3) is 10.2. The Balaban J connectivity index is 2.07. The molecule has 1 aromatic rings. The molecule has 0 saturated heterocycles. The molecule has 0 aliphatic carbocycles. The van der Waals surface area contributed by atoms with E-state index in [-0.39, 0.29) is 0 Å². The lowest BCUT2D eigenvalue weighted by Gasteiger charge is -2.15. The van der Waals surface area contributed by atoms with Crippen molar-refractivity contribution in [3.63, 3.8) is 0 Å². The molecular weight excluding hydrogens is 352 g/mol. The normalized spacial score (nSPS) is 12.0. The summed E-state index contributed by atoms with van der Waals surface area (Å²) >= 11 is 2.86. The molecule has 0 saturated carbocycles. The number of rotatable bonds is 14. The summed E-state index contributed by atoms with van der Waals surface area (Å²) in [6.07, 6.45) is 8.90. The summed E-state index contributed by atoms with van der Waals surface area (Å²) < 4.78 is 0.00604. The molecular formula is C19H34N2O2S2. The van der Waals surface area contributed by atoms with Crippen LogP contribution in [-0.4, -0.2) is 33.9 Å². The summed E-state index contributed by atoms with van der Waals surface area (Å²) in [7, 11) is 0. The Hall–Kier alpha value is -0.590. The van der Waals surface area contributed by atoms with Crippen LogP contribution in [0.2, 0.25) is 0 Å². The first kappa shape index (κ1) is 22.5. The molecule has 144 valence electrons. The van der Waals surface area contributed by atoms with Gasteiger partial charge in [0.15, 0.2) is 4.34 Å². The maximum Gasteiger partial charge on any atom is 0.319 e. The second kappa shape index (κ2) is 11.9. The monoisotopic (exact) mass is 386 g/mol. The maximum atomic E-state index is 11.2. The zero-order chi connectivity index (χ0) is 18.7. The van der Waals surface area contributed by atoms with Crippen LogP contribution in [0, 0.1) is 5.92 Å². The smallest absolute Gasteiger partial charge is 0.319 e. The van der Waals surface area contributed by atoms with Gasteiger partial charge in [-0.2, -0.15) is 0 Å². The Morgan fingerprint density at radius 1 is 1.24 bits per heavy atom. The van der Waals surface area contributed by atoms with Crippen molar-refractivity contribution in [2.45, 2.75) is 81.7 Å². The van der Waals surface area contributed by atoms with E-state index in [9.17, 15) is 9.90 Å². The van der Waals surface area contributed by atoms with Crippen LogP contribution >= 0.6 is 23.1 Å². The van der Waals surface area contributed by atoms with Gasteiger partial charge in [-0.15, -0.1) is 11.3 Å². The van der Waals surface area contributed by atoms with Crippen molar-refractivity contribution in [1.82, 2.24) is 10.3 Å². The second-order valence-electron chi connectivity index (χ2n) is 7.47. The second-order valence-corrected chi connectivity index (χ2v) is 10.2. The van der Waals surface area contributed by atoms with Crippen LogP contribution in [0.3, 0.4) is 0 Å². The van der Waals surface area contributed by atoms with Gasteiger partial charge in [-0.05, 0) is 32.7 Å². The Morgan fingerprint density at radius 3 is 2.60 bits per heavy atom. The highest BCUT2D eigenvalue weighted by Gasteiger charge is 2.29. The summed E-state index contributed by atoms with van der Waals surface area (Å²) in [4.78, 5) is 15.7. The first-order chi connectivity index (χ1) is 11.8. The number of carbonyl (C=O) groups is 1. The minimum Gasteiger partial charge on any atom is -0.480 e. The van der Waals surface area contributed by atoms with E-state index in [0.717, 1.165) is 35.5 Å². The van der Waals surface area contributed by atoms with Crippen LogP contribution in [0.1, 0.15) is 71.9 Å². The van der Waals surface area contributed by atoms with E-state index in [1.165, 1.54) is 61.6 Å². The van der Waals surface area contributed by atoms with E-state index in [1.807, 2.05) is 5.38 Å². The molecule has 0 fully saturated rings. The Kier molecular flexibility index (Phi) is 10.7. The first-order valence-corrected chi connectivity index (χ1v) is 11.1. The number of carboxylic acid groups (broad SMARTS) is 1. The molecule has 1 heterocycles. The highest BCUT2D eigenvalue weighted by Crippen LogP contribution is 2.34. The maximum absolute atomic E-state index is 11.2. The number of carboxylic acids is 1. The highest BCUT2D eigenvalue weighted by atomic mass is 32.2. The predicted molar refractivity (Wildman–Crippen MR) is 109 cm³/mol. The molecule has 1 aromatic heterocycles. The standard InChI is InChI=1S/C19H34N2O2S2/c1-15(2)10-8-6-5-7-9-12-20-13-11-16-14-24-18(21-16)25-19(3,4)17(22)23/h14-15,20H,5-13H2,1-4H3,(H,22,23).